The lowest BCUT2D eigenvalue weighted by molar-refractivity contribution is -0.142. The summed E-state index contributed by atoms with van der Waals surface area (Å²) in [6.07, 6.45) is 5.04. The summed E-state index contributed by atoms with van der Waals surface area (Å²) in [7, 11) is 1.64. The van der Waals surface area contributed by atoms with E-state index < -0.39 is 18.1 Å². The molecule has 1 aliphatic heterocycles. The highest BCUT2D eigenvalue weighted by atomic mass is 35.5. The van der Waals surface area contributed by atoms with Crippen molar-refractivity contribution in [2.24, 2.45) is 11.5 Å². The molecule has 0 saturated heterocycles. The number of nitrogens with one attached hydrogen (secondary N) is 4. The number of amides is 3. The quantitative estimate of drug-likeness (QED) is 0.136. The van der Waals surface area contributed by atoms with Gasteiger partial charge in [0.15, 0.2) is 0 Å². The van der Waals surface area contributed by atoms with E-state index in [1.54, 1.807) is 18.8 Å². The van der Waals surface area contributed by atoms with Crippen molar-refractivity contribution in [2.45, 2.75) is 86.5 Å². The molecule has 3 aromatic carbocycles. The molecule has 10 nitrogen and oxygen atoms in total. The summed E-state index contributed by atoms with van der Waals surface area (Å²) in [6, 6.07) is 17.5. The molecular formula is C38H48ClN7O3S. The second kappa shape index (κ2) is 17.9. The first-order valence-electron chi connectivity index (χ1n) is 17.3. The first kappa shape index (κ1) is 37.4. The molecule has 8 N–H and O–H groups in total. The maximum atomic E-state index is 14.4. The lowest BCUT2D eigenvalue weighted by Crippen LogP contribution is -2.57. The largest absolute Gasteiger partial charge is 0.361 e. The van der Waals surface area contributed by atoms with Gasteiger partial charge in [-0.05, 0) is 105 Å². The number of aryl methyl sites for hydroxylation is 1. The molecule has 0 bridgehead atoms. The average Bonchev–Trinajstić information content (AvgIpc) is 3.51. The highest BCUT2D eigenvalue weighted by molar-refractivity contribution is 7.99. The normalized spacial score (nSPS) is 19.4. The number of fused-ring (bicyclic) bond motifs is 3. The van der Waals surface area contributed by atoms with Gasteiger partial charge < -0.3 is 37.3 Å². The fraction of sp³-hybridized carbons (Fsp3) is 0.395. The third-order valence-corrected chi connectivity index (χ3v) is 10.7. The summed E-state index contributed by atoms with van der Waals surface area (Å²) in [5.74, 6) is -0.921. The fourth-order valence-electron chi connectivity index (χ4n) is 6.34. The average molecular weight is 718 g/mol. The van der Waals surface area contributed by atoms with E-state index in [4.69, 9.17) is 23.1 Å². The van der Waals surface area contributed by atoms with Crippen LogP contribution in [0, 0.1) is 6.92 Å². The van der Waals surface area contributed by atoms with Gasteiger partial charge in [-0.3, -0.25) is 14.4 Å². The Hall–Kier alpha value is -3.87. The van der Waals surface area contributed by atoms with Crippen LogP contribution in [-0.4, -0.2) is 65.9 Å². The fourth-order valence-corrected chi connectivity index (χ4v) is 7.59. The van der Waals surface area contributed by atoms with E-state index in [1.807, 2.05) is 67.7 Å². The molecule has 2 heterocycles. The molecule has 266 valence electrons. The zero-order valence-electron chi connectivity index (χ0n) is 28.8. The molecule has 0 unspecified atom stereocenters. The third-order valence-electron chi connectivity index (χ3n) is 9.24. The van der Waals surface area contributed by atoms with Gasteiger partial charge >= 0.3 is 0 Å². The van der Waals surface area contributed by atoms with Gasteiger partial charge in [0.05, 0.1) is 6.04 Å². The standard InChI is InChI=1S/C38H48ClN7O3S/c1-24-12-14-29-26(22-43-32(29)18-24)20-33-37(48)44-23-27-19-28(39)13-15-35(27)50-34-11-4-3-8-25(34)21-42-30(10-7-17-41)36(47)45-31(9-5-6-16-40)38(49)46(33)2/h3-4,8,11-15,18-19,22,30-31,33,42-43H,5-7,9-10,16-17,20-21,23,40-41H2,1-2H3,(H,44,48)(H,45,47)/t30-,31-,33-/m0/s1. The van der Waals surface area contributed by atoms with Gasteiger partial charge in [-0.15, -0.1) is 0 Å². The second-order valence-electron chi connectivity index (χ2n) is 12.9. The topological polar surface area (TPSA) is 158 Å². The molecule has 50 heavy (non-hydrogen) atoms. The van der Waals surface area contributed by atoms with Crippen LogP contribution < -0.4 is 27.4 Å². The van der Waals surface area contributed by atoms with Crippen LogP contribution in [0.3, 0.4) is 0 Å². The summed E-state index contributed by atoms with van der Waals surface area (Å²) < 4.78 is 0. The van der Waals surface area contributed by atoms with E-state index in [-0.39, 0.29) is 30.7 Å². The number of likely N-dealkylation sites (N-methyl/N-ethyl adjacent to an activating group) is 1. The minimum atomic E-state index is -0.866. The van der Waals surface area contributed by atoms with Crippen LogP contribution in [0.5, 0.6) is 0 Å². The van der Waals surface area contributed by atoms with Crippen molar-refractivity contribution in [1.82, 2.24) is 25.8 Å². The molecule has 3 amide bonds. The van der Waals surface area contributed by atoms with Gasteiger partial charge in [0, 0.05) is 58.5 Å². The number of hydrogen-bond donors (Lipinski definition) is 6. The molecule has 3 atom stereocenters. The van der Waals surface area contributed by atoms with Crippen molar-refractivity contribution in [3.63, 3.8) is 0 Å². The summed E-state index contributed by atoms with van der Waals surface area (Å²) >= 11 is 8.05. The van der Waals surface area contributed by atoms with Crippen molar-refractivity contribution >= 4 is 52.0 Å². The summed E-state index contributed by atoms with van der Waals surface area (Å²) in [5, 5.41) is 11.2. The number of rotatable bonds is 9. The number of aromatic nitrogens is 1. The van der Waals surface area contributed by atoms with E-state index in [0.29, 0.717) is 56.8 Å². The van der Waals surface area contributed by atoms with Gasteiger partial charge in [-0.2, -0.15) is 0 Å². The van der Waals surface area contributed by atoms with Gasteiger partial charge in [0.1, 0.15) is 12.1 Å². The summed E-state index contributed by atoms with van der Waals surface area (Å²) in [6.45, 7) is 3.58. The molecule has 0 saturated carbocycles. The molecule has 5 rings (SSSR count). The predicted molar refractivity (Wildman–Crippen MR) is 201 cm³/mol. The second-order valence-corrected chi connectivity index (χ2v) is 14.4. The van der Waals surface area contributed by atoms with Crippen LogP contribution in [0.25, 0.3) is 10.9 Å². The highest BCUT2D eigenvalue weighted by Crippen LogP contribution is 2.34. The third kappa shape index (κ3) is 9.46. The molecule has 0 radical (unpaired) electrons. The molecule has 1 aromatic heterocycles. The molecule has 0 aliphatic carbocycles. The Bertz CT molecular complexity index is 1800. The number of H-pyrrole nitrogens is 1. The number of halogens is 1. The number of benzene rings is 3. The summed E-state index contributed by atoms with van der Waals surface area (Å²) in [5.41, 5.74) is 16.5. The van der Waals surface area contributed by atoms with Crippen molar-refractivity contribution in [2.75, 3.05) is 20.1 Å². The van der Waals surface area contributed by atoms with Crippen molar-refractivity contribution in [1.29, 1.82) is 0 Å². The Balaban J connectivity index is 1.55. The van der Waals surface area contributed by atoms with Crippen LogP contribution in [0.2, 0.25) is 5.02 Å². The minimum absolute atomic E-state index is 0.214. The Morgan fingerprint density at radius 2 is 1.62 bits per heavy atom. The Morgan fingerprint density at radius 1 is 0.860 bits per heavy atom. The Labute approximate surface area is 303 Å². The van der Waals surface area contributed by atoms with Crippen LogP contribution in [0.4, 0.5) is 0 Å². The van der Waals surface area contributed by atoms with Gasteiger partial charge in [-0.25, -0.2) is 0 Å². The first-order valence-corrected chi connectivity index (χ1v) is 18.5. The van der Waals surface area contributed by atoms with Gasteiger partial charge in [-0.1, -0.05) is 53.7 Å². The zero-order valence-corrected chi connectivity index (χ0v) is 30.3. The lowest BCUT2D eigenvalue weighted by Gasteiger charge is -2.32. The van der Waals surface area contributed by atoms with Crippen molar-refractivity contribution < 1.29 is 14.4 Å². The van der Waals surface area contributed by atoms with E-state index >= 15 is 0 Å². The minimum Gasteiger partial charge on any atom is -0.361 e. The maximum Gasteiger partial charge on any atom is 0.245 e. The number of unbranched alkanes of at least 4 members (excludes halogenated alkanes) is 1. The number of nitrogens with two attached hydrogens (primary N) is 2. The van der Waals surface area contributed by atoms with E-state index in [1.165, 1.54) is 4.90 Å². The Morgan fingerprint density at radius 3 is 2.42 bits per heavy atom. The lowest BCUT2D eigenvalue weighted by atomic mass is 10.0. The van der Waals surface area contributed by atoms with E-state index in [9.17, 15) is 14.4 Å². The van der Waals surface area contributed by atoms with E-state index in [2.05, 4.69) is 27.0 Å². The SMILES string of the molecule is Cc1ccc2c(C[C@H]3C(=O)NCc4cc(Cl)ccc4Sc4ccccc4CN[C@@H](CCCN)C(=O)N[C@@H](CCCCN)C(=O)N3C)c[nH]c2c1. The number of nitrogens with zero attached hydrogens (tertiary/aromatic N) is 1. The molecule has 12 heteroatoms. The molecular weight excluding hydrogens is 670 g/mol. The number of carbonyl (C=O) groups is 3. The van der Waals surface area contributed by atoms with Crippen LogP contribution in [-0.2, 0) is 33.9 Å². The van der Waals surface area contributed by atoms with Crippen molar-refractivity contribution in [3.05, 3.63) is 94.1 Å². The molecule has 0 spiro atoms. The van der Waals surface area contributed by atoms with Gasteiger partial charge in [0.2, 0.25) is 17.7 Å². The molecule has 0 fully saturated rings. The first-order chi connectivity index (χ1) is 24.2. The van der Waals surface area contributed by atoms with Gasteiger partial charge in [0.25, 0.3) is 0 Å². The van der Waals surface area contributed by atoms with Crippen molar-refractivity contribution in [3.8, 4) is 0 Å². The van der Waals surface area contributed by atoms with Crippen LogP contribution in [0.1, 0.15) is 54.4 Å². The maximum absolute atomic E-state index is 14.4. The van der Waals surface area contributed by atoms with Crippen LogP contribution >= 0.6 is 23.4 Å². The smallest absolute Gasteiger partial charge is 0.245 e. The highest BCUT2D eigenvalue weighted by Gasteiger charge is 2.34. The van der Waals surface area contributed by atoms with E-state index in [0.717, 1.165) is 42.9 Å². The monoisotopic (exact) mass is 717 g/mol. The number of hydrogen-bond acceptors (Lipinski definition) is 7. The zero-order chi connectivity index (χ0) is 35.6. The summed E-state index contributed by atoms with van der Waals surface area (Å²) in [4.78, 5) is 49.3. The number of aromatic amines is 1. The molecule has 4 aromatic rings. The van der Waals surface area contributed by atoms with Crippen LogP contribution in [0.15, 0.2) is 76.7 Å². The predicted octanol–water partition coefficient (Wildman–Crippen LogP) is 4.79. The Kier molecular flexibility index (Phi) is 13.4. The number of carbonyl (C=O) groups excluding carboxylic acids is 3. The molecule has 1 aliphatic rings.